The van der Waals surface area contributed by atoms with Gasteiger partial charge in [0.1, 0.15) is 0 Å². The van der Waals surface area contributed by atoms with Crippen LogP contribution in [0.1, 0.15) is 37.6 Å². The van der Waals surface area contributed by atoms with Gasteiger partial charge in [0.15, 0.2) is 0 Å². The summed E-state index contributed by atoms with van der Waals surface area (Å²) < 4.78 is 4.97. The van der Waals surface area contributed by atoms with Crippen LogP contribution in [0.2, 0.25) is 0 Å². The van der Waals surface area contributed by atoms with Crippen LogP contribution in [0.15, 0.2) is 24.3 Å². The molecular formula is C15H22N2O3. The quantitative estimate of drug-likeness (QED) is 0.781. The topological polar surface area (TPSA) is 81.4 Å². The van der Waals surface area contributed by atoms with Crippen molar-refractivity contribution in [2.45, 2.75) is 27.2 Å². The maximum Gasteiger partial charge on any atom is 0.340 e. The Morgan fingerprint density at radius 1 is 1.30 bits per heavy atom. The first-order valence-corrected chi connectivity index (χ1v) is 6.76. The van der Waals surface area contributed by atoms with Gasteiger partial charge in [0.25, 0.3) is 0 Å². The van der Waals surface area contributed by atoms with Crippen LogP contribution in [-0.2, 0) is 9.53 Å². The first kappa shape index (κ1) is 16.2. The fourth-order valence-corrected chi connectivity index (χ4v) is 1.65. The van der Waals surface area contributed by atoms with Crippen LogP contribution in [0, 0.1) is 5.41 Å². The molecule has 5 heteroatoms. The van der Waals surface area contributed by atoms with Gasteiger partial charge in [-0.1, -0.05) is 19.1 Å². The van der Waals surface area contributed by atoms with Gasteiger partial charge in [0.2, 0.25) is 5.91 Å². The van der Waals surface area contributed by atoms with Crippen molar-refractivity contribution in [3.8, 4) is 0 Å². The van der Waals surface area contributed by atoms with Crippen molar-refractivity contribution in [3.05, 3.63) is 29.8 Å². The van der Waals surface area contributed by atoms with E-state index in [9.17, 15) is 9.59 Å². The highest BCUT2D eigenvalue weighted by Gasteiger charge is 2.30. The van der Waals surface area contributed by atoms with Gasteiger partial charge in [0.05, 0.1) is 23.3 Å². The molecule has 0 heterocycles. The third kappa shape index (κ3) is 3.57. The van der Waals surface area contributed by atoms with E-state index in [1.165, 1.54) is 0 Å². The van der Waals surface area contributed by atoms with E-state index in [0.29, 0.717) is 17.7 Å². The standard InChI is InChI=1S/C15H22N2O3/c1-4-15(3,10-16)14(19)17-12-9-7-6-8-11(12)13(18)20-5-2/h6-9H,4-5,10,16H2,1-3H3,(H,17,19). The summed E-state index contributed by atoms with van der Waals surface area (Å²) in [5.74, 6) is -0.645. The van der Waals surface area contributed by atoms with Crippen LogP contribution < -0.4 is 11.1 Å². The number of esters is 1. The molecule has 1 unspecified atom stereocenters. The second-order valence-electron chi connectivity index (χ2n) is 4.84. The van der Waals surface area contributed by atoms with Gasteiger partial charge in [-0.3, -0.25) is 4.79 Å². The molecule has 1 rings (SSSR count). The van der Waals surface area contributed by atoms with E-state index in [0.717, 1.165) is 0 Å². The molecule has 5 nitrogen and oxygen atoms in total. The molecule has 0 aliphatic heterocycles. The number of carbonyl (C=O) groups is 2. The van der Waals surface area contributed by atoms with Gasteiger partial charge in [-0.15, -0.1) is 0 Å². The van der Waals surface area contributed by atoms with Crippen molar-refractivity contribution in [2.75, 3.05) is 18.5 Å². The highest BCUT2D eigenvalue weighted by Crippen LogP contribution is 2.24. The summed E-state index contributed by atoms with van der Waals surface area (Å²) in [5, 5.41) is 2.77. The summed E-state index contributed by atoms with van der Waals surface area (Å²) in [5.41, 5.74) is 5.81. The number of carbonyl (C=O) groups excluding carboxylic acids is 2. The van der Waals surface area contributed by atoms with Gasteiger partial charge in [-0.25, -0.2) is 4.79 Å². The van der Waals surface area contributed by atoms with Crippen LogP contribution >= 0.6 is 0 Å². The third-order valence-electron chi connectivity index (χ3n) is 3.45. The molecule has 3 N–H and O–H groups in total. The zero-order valence-electron chi connectivity index (χ0n) is 12.2. The molecule has 0 radical (unpaired) electrons. The molecule has 0 saturated carbocycles. The molecule has 1 aromatic carbocycles. The number of rotatable bonds is 6. The van der Waals surface area contributed by atoms with Crippen LogP contribution in [0.25, 0.3) is 0 Å². The summed E-state index contributed by atoms with van der Waals surface area (Å²) >= 11 is 0. The lowest BCUT2D eigenvalue weighted by Crippen LogP contribution is -2.39. The molecule has 20 heavy (non-hydrogen) atoms. The number of benzene rings is 1. The average molecular weight is 278 g/mol. The first-order valence-electron chi connectivity index (χ1n) is 6.76. The fraction of sp³-hybridized carbons (Fsp3) is 0.467. The molecule has 1 atom stereocenters. The largest absolute Gasteiger partial charge is 0.462 e. The number of amides is 1. The Labute approximate surface area is 119 Å². The summed E-state index contributed by atoms with van der Waals surface area (Å²) in [4.78, 5) is 24.1. The fourth-order valence-electron chi connectivity index (χ4n) is 1.65. The lowest BCUT2D eigenvalue weighted by Gasteiger charge is -2.25. The molecule has 1 aromatic rings. The lowest BCUT2D eigenvalue weighted by atomic mass is 9.86. The predicted octanol–water partition coefficient (Wildman–Crippen LogP) is 2.18. The first-order chi connectivity index (χ1) is 9.48. The van der Waals surface area contributed by atoms with Crippen molar-refractivity contribution < 1.29 is 14.3 Å². The predicted molar refractivity (Wildman–Crippen MR) is 78.5 cm³/mol. The van der Waals surface area contributed by atoms with Gasteiger partial charge >= 0.3 is 5.97 Å². The summed E-state index contributed by atoms with van der Waals surface area (Å²) in [6, 6.07) is 6.78. The minimum Gasteiger partial charge on any atom is -0.462 e. The van der Waals surface area contributed by atoms with Gasteiger partial charge < -0.3 is 15.8 Å². The van der Waals surface area contributed by atoms with Gasteiger partial charge in [-0.2, -0.15) is 0 Å². The second-order valence-corrected chi connectivity index (χ2v) is 4.84. The molecule has 0 aromatic heterocycles. The molecule has 0 saturated heterocycles. The second kappa shape index (κ2) is 7.05. The van der Waals surface area contributed by atoms with Crippen molar-refractivity contribution in [1.82, 2.24) is 0 Å². The third-order valence-corrected chi connectivity index (χ3v) is 3.45. The Hall–Kier alpha value is -1.88. The van der Waals surface area contributed by atoms with Crippen LogP contribution in [0.3, 0.4) is 0 Å². The Morgan fingerprint density at radius 3 is 2.50 bits per heavy atom. The minimum absolute atomic E-state index is 0.195. The lowest BCUT2D eigenvalue weighted by molar-refractivity contribution is -0.124. The van der Waals surface area contributed by atoms with Crippen LogP contribution in [0.5, 0.6) is 0 Å². The van der Waals surface area contributed by atoms with Crippen molar-refractivity contribution in [2.24, 2.45) is 11.1 Å². The van der Waals surface area contributed by atoms with Crippen LogP contribution in [0.4, 0.5) is 5.69 Å². The molecular weight excluding hydrogens is 256 g/mol. The number of para-hydroxylation sites is 1. The van der Waals surface area contributed by atoms with E-state index >= 15 is 0 Å². The summed E-state index contributed by atoms with van der Waals surface area (Å²) in [6.07, 6.45) is 0.622. The highest BCUT2D eigenvalue weighted by atomic mass is 16.5. The van der Waals surface area contributed by atoms with E-state index in [1.54, 1.807) is 38.1 Å². The Balaban J connectivity index is 2.98. The van der Waals surface area contributed by atoms with Crippen molar-refractivity contribution in [1.29, 1.82) is 0 Å². The van der Waals surface area contributed by atoms with Crippen LogP contribution in [-0.4, -0.2) is 25.0 Å². The van der Waals surface area contributed by atoms with Crippen molar-refractivity contribution in [3.63, 3.8) is 0 Å². The Morgan fingerprint density at radius 2 is 1.95 bits per heavy atom. The molecule has 0 aliphatic carbocycles. The Kier molecular flexibility index (Phi) is 5.70. The monoisotopic (exact) mass is 278 g/mol. The zero-order valence-corrected chi connectivity index (χ0v) is 12.2. The molecule has 0 bridgehead atoms. The number of hydrogen-bond donors (Lipinski definition) is 2. The number of anilines is 1. The number of nitrogens with one attached hydrogen (secondary N) is 1. The summed E-state index contributed by atoms with van der Waals surface area (Å²) in [7, 11) is 0. The minimum atomic E-state index is -0.651. The number of nitrogens with two attached hydrogens (primary N) is 1. The zero-order chi connectivity index (χ0) is 15.2. The summed E-state index contributed by atoms with van der Waals surface area (Å²) in [6.45, 7) is 5.98. The maximum absolute atomic E-state index is 12.3. The SMILES string of the molecule is CCOC(=O)c1ccccc1NC(=O)C(C)(CC)CN. The molecule has 110 valence electrons. The van der Waals surface area contributed by atoms with E-state index in [2.05, 4.69) is 5.32 Å². The molecule has 1 amide bonds. The Bertz CT molecular complexity index is 482. The highest BCUT2D eigenvalue weighted by molar-refractivity contribution is 6.02. The van der Waals surface area contributed by atoms with E-state index in [4.69, 9.17) is 10.5 Å². The molecule has 0 fully saturated rings. The van der Waals surface area contributed by atoms with Crippen molar-refractivity contribution >= 4 is 17.6 Å². The van der Waals surface area contributed by atoms with E-state index < -0.39 is 11.4 Å². The average Bonchev–Trinajstić information content (AvgIpc) is 2.47. The number of hydrogen-bond acceptors (Lipinski definition) is 4. The molecule has 0 spiro atoms. The van der Waals surface area contributed by atoms with E-state index in [-0.39, 0.29) is 19.1 Å². The number of ether oxygens (including phenoxy) is 1. The van der Waals surface area contributed by atoms with E-state index in [1.807, 2.05) is 6.92 Å². The smallest absolute Gasteiger partial charge is 0.340 e. The maximum atomic E-state index is 12.3. The normalized spacial score (nSPS) is 13.4. The molecule has 0 aliphatic rings. The van der Waals surface area contributed by atoms with Gasteiger partial charge in [0, 0.05) is 6.54 Å². The van der Waals surface area contributed by atoms with Gasteiger partial charge in [-0.05, 0) is 32.4 Å².